The molecule has 0 aliphatic heterocycles. The fraction of sp³-hybridized carbons (Fsp3) is 0.207. The Bertz CT molecular complexity index is 1450. The van der Waals surface area contributed by atoms with Crippen molar-refractivity contribution < 1.29 is 14.0 Å². The summed E-state index contributed by atoms with van der Waals surface area (Å²) in [6, 6.07) is 20.9. The minimum Gasteiger partial charge on any atom is -0.315 e. The molecule has 1 heterocycles. The Morgan fingerprint density at radius 2 is 1.71 bits per heavy atom. The predicted molar refractivity (Wildman–Crippen MR) is 149 cm³/mol. The van der Waals surface area contributed by atoms with Crippen molar-refractivity contribution in [2.24, 2.45) is 0 Å². The Hall–Kier alpha value is -4.17. The number of anilines is 2. The van der Waals surface area contributed by atoms with Crippen molar-refractivity contribution in [2.45, 2.75) is 27.2 Å². The predicted octanol–water partition coefficient (Wildman–Crippen LogP) is 6.83. The van der Waals surface area contributed by atoms with Crippen LogP contribution in [0.15, 0.2) is 72.8 Å². The zero-order chi connectivity index (χ0) is 27.2. The molecule has 4 rings (SSSR count). The van der Waals surface area contributed by atoms with Crippen LogP contribution in [0.25, 0.3) is 16.8 Å². The number of nitrogens with zero attached hydrogens (tertiary/aromatic N) is 3. The standard InChI is InChI=1S/C29H29ClFN5O2/c1-4-16-35(29(38)32-22-14-15-24(31)23(30)17-22)18-26(37)33-28-27(21-11-6-5-7-12-21)20(3)34-36(28)25-13-9-8-10-19(25)2/h5-15,17H,4,16,18H2,1-3H3,(H,32,38)(H,33,37). The number of benzene rings is 3. The van der Waals surface area contributed by atoms with Crippen LogP contribution in [-0.4, -0.2) is 39.7 Å². The van der Waals surface area contributed by atoms with Crippen LogP contribution in [0.1, 0.15) is 24.6 Å². The lowest BCUT2D eigenvalue weighted by molar-refractivity contribution is -0.116. The number of carbonyl (C=O) groups is 2. The number of amides is 3. The average Bonchev–Trinajstić information content (AvgIpc) is 3.21. The monoisotopic (exact) mass is 533 g/mol. The maximum atomic E-state index is 13.5. The molecule has 4 aromatic rings. The maximum absolute atomic E-state index is 13.5. The van der Waals surface area contributed by atoms with Gasteiger partial charge in [0.05, 0.1) is 16.4 Å². The zero-order valence-corrected chi connectivity index (χ0v) is 22.2. The summed E-state index contributed by atoms with van der Waals surface area (Å²) in [7, 11) is 0. The average molecular weight is 534 g/mol. The summed E-state index contributed by atoms with van der Waals surface area (Å²) >= 11 is 5.84. The molecule has 7 nitrogen and oxygen atoms in total. The number of aryl methyl sites for hydroxylation is 2. The molecule has 0 atom stereocenters. The van der Waals surface area contributed by atoms with Gasteiger partial charge in [-0.2, -0.15) is 5.10 Å². The van der Waals surface area contributed by atoms with Gasteiger partial charge in [0, 0.05) is 17.8 Å². The van der Waals surface area contributed by atoms with Gasteiger partial charge < -0.3 is 15.5 Å². The molecule has 0 spiro atoms. The van der Waals surface area contributed by atoms with Crippen LogP contribution in [0.2, 0.25) is 5.02 Å². The van der Waals surface area contributed by atoms with Crippen molar-refractivity contribution in [3.63, 3.8) is 0 Å². The fourth-order valence-corrected chi connectivity index (χ4v) is 4.39. The van der Waals surface area contributed by atoms with Crippen molar-refractivity contribution in [1.82, 2.24) is 14.7 Å². The summed E-state index contributed by atoms with van der Waals surface area (Å²) in [5.74, 6) is -0.433. The zero-order valence-electron chi connectivity index (χ0n) is 21.5. The highest BCUT2D eigenvalue weighted by Gasteiger charge is 2.23. The van der Waals surface area contributed by atoms with Crippen molar-refractivity contribution in [2.75, 3.05) is 23.7 Å². The van der Waals surface area contributed by atoms with E-state index in [-0.39, 0.29) is 17.5 Å². The molecule has 0 aliphatic rings. The first-order chi connectivity index (χ1) is 18.3. The lowest BCUT2D eigenvalue weighted by Crippen LogP contribution is -2.41. The van der Waals surface area contributed by atoms with Crippen LogP contribution < -0.4 is 10.6 Å². The lowest BCUT2D eigenvalue weighted by Gasteiger charge is -2.22. The van der Waals surface area contributed by atoms with Crippen LogP contribution in [0.4, 0.5) is 20.7 Å². The molecule has 38 heavy (non-hydrogen) atoms. The first-order valence-corrected chi connectivity index (χ1v) is 12.7. The highest BCUT2D eigenvalue weighted by molar-refractivity contribution is 6.31. The normalized spacial score (nSPS) is 10.8. The minimum absolute atomic E-state index is 0.101. The second-order valence-electron chi connectivity index (χ2n) is 8.90. The van der Waals surface area contributed by atoms with E-state index in [0.717, 1.165) is 28.1 Å². The van der Waals surface area contributed by atoms with E-state index in [1.165, 1.54) is 23.1 Å². The molecule has 0 bridgehead atoms. The first-order valence-electron chi connectivity index (χ1n) is 12.3. The van der Waals surface area contributed by atoms with Crippen molar-refractivity contribution in [1.29, 1.82) is 0 Å². The van der Waals surface area contributed by atoms with Gasteiger partial charge in [-0.05, 0) is 55.7 Å². The molecular weight excluding hydrogens is 505 g/mol. The van der Waals surface area contributed by atoms with Gasteiger partial charge in [-0.15, -0.1) is 0 Å². The Morgan fingerprint density at radius 1 is 1.00 bits per heavy atom. The van der Waals surface area contributed by atoms with E-state index in [4.69, 9.17) is 16.7 Å². The molecule has 0 saturated carbocycles. The number of carbonyl (C=O) groups excluding carboxylic acids is 2. The molecule has 0 unspecified atom stereocenters. The highest BCUT2D eigenvalue weighted by atomic mass is 35.5. The Balaban J connectivity index is 1.63. The van der Waals surface area contributed by atoms with Crippen LogP contribution in [0.3, 0.4) is 0 Å². The van der Waals surface area contributed by atoms with Crippen LogP contribution in [-0.2, 0) is 4.79 Å². The SMILES string of the molecule is CCCN(CC(=O)Nc1c(-c2ccccc2)c(C)nn1-c1ccccc1C)C(=O)Nc1ccc(F)c(Cl)c1. The summed E-state index contributed by atoms with van der Waals surface area (Å²) in [5, 5.41) is 10.4. The molecule has 3 amide bonds. The third kappa shape index (κ3) is 6.03. The van der Waals surface area contributed by atoms with Gasteiger partial charge in [-0.1, -0.05) is 67.1 Å². The molecule has 2 N–H and O–H groups in total. The van der Waals surface area contributed by atoms with Crippen LogP contribution >= 0.6 is 11.6 Å². The van der Waals surface area contributed by atoms with E-state index in [9.17, 15) is 14.0 Å². The number of nitrogens with one attached hydrogen (secondary N) is 2. The number of para-hydroxylation sites is 1. The van der Waals surface area contributed by atoms with Crippen LogP contribution in [0, 0.1) is 19.7 Å². The van der Waals surface area contributed by atoms with Gasteiger partial charge in [0.15, 0.2) is 0 Å². The second-order valence-corrected chi connectivity index (χ2v) is 9.31. The van der Waals surface area contributed by atoms with E-state index in [2.05, 4.69) is 10.6 Å². The number of halogens is 2. The quantitative estimate of drug-likeness (QED) is 0.260. The maximum Gasteiger partial charge on any atom is 0.322 e. The third-order valence-electron chi connectivity index (χ3n) is 6.01. The Kier molecular flexibility index (Phi) is 8.43. The van der Waals surface area contributed by atoms with Crippen molar-refractivity contribution in [3.8, 4) is 16.8 Å². The van der Waals surface area contributed by atoms with E-state index in [1.807, 2.05) is 75.4 Å². The molecule has 0 saturated heterocycles. The lowest BCUT2D eigenvalue weighted by atomic mass is 10.1. The topological polar surface area (TPSA) is 79.3 Å². The highest BCUT2D eigenvalue weighted by Crippen LogP contribution is 2.34. The third-order valence-corrected chi connectivity index (χ3v) is 6.30. The Labute approximate surface area is 226 Å². The summed E-state index contributed by atoms with van der Waals surface area (Å²) in [4.78, 5) is 27.8. The molecule has 0 aliphatic carbocycles. The van der Waals surface area contributed by atoms with Crippen molar-refractivity contribution in [3.05, 3.63) is 94.9 Å². The van der Waals surface area contributed by atoms with Gasteiger partial charge >= 0.3 is 6.03 Å². The number of hydrogen-bond donors (Lipinski definition) is 2. The molecule has 3 aromatic carbocycles. The molecule has 196 valence electrons. The van der Waals surface area contributed by atoms with E-state index < -0.39 is 11.8 Å². The summed E-state index contributed by atoms with van der Waals surface area (Å²) in [5.41, 5.74) is 4.64. The molecule has 0 fully saturated rings. The fourth-order valence-electron chi connectivity index (χ4n) is 4.21. The smallest absolute Gasteiger partial charge is 0.315 e. The van der Waals surface area contributed by atoms with Gasteiger partial charge in [-0.25, -0.2) is 13.9 Å². The number of aromatic nitrogens is 2. The number of rotatable bonds is 8. The minimum atomic E-state index is -0.579. The van der Waals surface area contributed by atoms with E-state index in [1.54, 1.807) is 4.68 Å². The Morgan fingerprint density at radius 3 is 2.39 bits per heavy atom. The van der Waals surface area contributed by atoms with Gasteiger partial charge in [0.1, 0.15) is 18.2 Å². The summed E-state index contributed by atoms with van der Waals surface area (Å²) < 4.78 is 15.2. The largest absolute Gasteiger partial charge is 0.322 e. The molecular formula is C29H29ClFN5O2. The number of hydrogen-bond acceptors (Lipinski definition) is 3. The van der Waals surface area contributed by atoms with Crippen LogP contribution in [0.5, 0.6) is 0 Å². The van der Waals surface area contributed by atoms with Gasteiger partial charge in [0.25, 0.3) is 0 Å². The van der Waals surface area contributed by atoms with Crippen molar-refractivity contribution >= 4 is 35.0 Å². The summed E-state index contributed by atoms with van der Waals surface area (Å²) in [6.45, 7) is 5.94. The van der Waals surface area contributed by atoms with E-state index >= 15 is 0 Å². The molecule has 9 heteroatoms. The first kappa shape index (κ1) is 26.9. The van der Waals surface area contributed by atoms with Gasteiger partial charge in [-0.3, -0.25) is 4.79 Å². The second kappa shape index (κ2) is 11.9. The molecule has 0 radical (unpaired) electrons. The van der Waals surface area contributed by atoms with Gasteiger partial charge in [0.2, 0.25) is 5.91 Å². The number of urea groups is 1. The van der Waals surface area contributed by atoms with E-state index in [0.29, 0.717) is 24.5 Å². The summed E-state index contributed by atoms with van der Waals surface area (Å²) in [6.07, 6.45) is 0.639. The molecule has 1 aromatic heterocycles.